The summed E-state index contributed by atoms with van der Waals surface area (Å²) in [6, 6.07) is 2.85. The third-order valence-electron chi connectivity index (χ3n) is 4.80. The van der Waals surface area contributed by atoms with Gasteiger partial charge in [-0.2, -0.15) is 0 Å². The molecule has 2 rings (SSSR count). The second-order valence-electron chi connectivity index (χ2n) is 6.53. The van der Waals surface area contributed by atoms with Crippen molar-refractivity contribution in [1.29, 1.82) is 0 Å². The van der Waals surface area contributed by atoms with Gasteiger partial charge in [-0.1, -0.05) is 0 Å². The van der Waals surface area contributed by atoms with E-state index in [-0.39, 0.29) is 37.2 Å². The molecule has 0 fully saturated rings. The first-order valence-corrected chi connectivity index (χ1v) is 11.3. The maximum Gasteiger partial charge on any atom is -1.00 e. The van der Waals surface area contributed by atoms with Crippen LogP contribution in [-0.4, -0.2) is 8.07 Å². The summed E-state index contributed by atoms with van der Waals surface area (Å²) in [7, 11) is -0.975. The molecule has 2 aliphatic carbocycles. The van der Waals surface area contributed by atoms with Crippen LogP contribution in [0.15, 0.2) is 20.6 Å². The van der Waals surface area contributed by atoms with E-state index < -0.39 is 8.07 Å². The van der Waals surface area contributed by atoms with Crippen molar-refractivity contribution in [3.8, 4) is 0 Å². The molecule has 114 valence electrons. The first kappa shape index (κ1) is 23.5. The summed E-state index contributed by atoms with van der Waals surface area (Å²) in [5.74, 6) is 0.781. The van der Waals surface area contributed by atoms with Crippen molar-refractivity contribution in [2.45, 2.75) is 64.7 Å². The van der Waals surface area contributed by atoms with Crippen LogP contribution in [0.5, 0.6) is 0 Å². The minimum Gasteiger partial charge on any atom is -1.00 e. The summed E-state index contributed by atoms with van der Waals surface area (Å²) < 4.78 is 1.70. The quantitative estimate of drug-likeness (QED) is 0.434. The van der Waals surface area contributed by atoms with Crippen LogP contribution in [0.4, 0.5) is 0 Å². The van der Waals surface area contributed by atoms with Crippen molar-refractivity contribution in [3.05, 3.63) is 20.6 Å². The molecular formula is C15H25Cl3SiTi. The Balaban J connectivity index is 0. The van der Waals surface area contributed by atoms with Crippen LogP contribution in [0.25, 0.3) is 0 Å². The second-order valence-corrected chi connectivity index (χ2v) is 12.7. The molecule has 0 N–H and O–H groups in total. The van der Waals surface area contributed by atoms with Crippen molar-refractivity contribution in [2.75, 3.05) is 0 Å². The van der Waals surface area contributed by atoms with Crippen molar-refractivity contribution in [1.82, 2.24) is 0 Å². The van der Waals surface area contributed by atoms with Crippen molar-refractivity contribution in [2.24, 2.45) is 5.92 Å². The van der Waals surface area contributed by atoms with E-state index in [1.54, 1.807) is 9.45 Å². The van der Waals surface area contributed by atoms with Gasteiger partial charge in [0.05, 0.1) is 0 Å². The smallest absolute Gasteiger partial charge is 1.00 e. The Hall–Kier alpha value is 1.28. The Morgan fingerprint density at radius 2 is 1.65 bits per heavy atom. The van der Waals surface area contributed by atoms with E-state index in [0.717, 1.165) is 5.92 Å². The van der Waals surface area contributed by atoms with E-state index in [0.29, 0.717) is 0 Å². The molecule has 0 bridgehead atoms. The van der Waals surface area contributed by atoms with Gasteiger partial charge in [0.25, 0.3) is 0 Å². The molecule has 0 saturated carbocycles. The average molecular weight is 388 g/mol. The van der Waals surface area contributed by atoms with Gasteiger partial charge in [-0.15, -0.1) is 0 Å². The van der Waals surface area contributed by atoms with Crippen LogP contribution in [0.1, 0.15) is 39.5 Å². The van der Waals surface area contributed by atoms with E-state index in [1.165, 1.54) is 37.8 Å². The Labute approximate surface area is 156 Å². The Morgan fingerprint density at radius 3 is 2.15 bits per heavy atom. The molecule has 5 heteroatoms. The summed E-state index contributed by atoms with van der Waals surface area (Å²) >= 11 is 2.40. The zero-order valence-corrected chi connectivity index (χ0v) is 17.8. The van der Waals surface area contributed by atoms with Crippen LogP contribution >= 0.6 is 0 Å². The predicted molar refractivity (Wildman–Crippen MR) is 74.5 cm³/mol. The van der Waals surface area contributed by atoms with Gasteiger partial charge in [0, 0.05) is 0 Å². The molecule has 0 heterocycles. The summed E-state index contributed by atoms with van der Waals surface area (Å²) in [6.45, 7) is 9.95. The monoisotopic (exact) mass is 386 g/mol. The fourth-order valence-corrected chi connectivity index (χ4v) is 6.16. The fraction of sp³-hybridized carbons (Fsp3) is 0.733. The molecule has 0 aliphatic heterocycles. The van der Waals surface area contributed by atoms with Crippen molar-refractivity contribution < 1.29 is 57.7 Å². The Bertz CT molecular complexity index is 389. The predicted octanol–water partition coefficient (Wildman–Crippen LogP) is -3.95. The molecule has 1 atom stereocenters. The molecule has 0 aromatic carbocycles. The number of hydrogen-bond acceptors (Lipinski definition) is 0. The molecule has 0 radical (unpaired) electrons. The third kappa shape index (κ3) is 4.90. The Kier molecular flexibility index (Phi) is 11.1. The average Bonchev–Trinajstić information content (AvgIpc) is 2.55. The SMILES string of the molecule is CC[Si](C)(C)CC1=[C]([Ti+3])C2=C(CCCC2)C1C.[Cl-].[Cl-].[Cl-]. The minimum atomic E-state index is -0.975. The number of halogens is 3. The van der Waals surface area contributed by atoms with Gasteiger partial charge in [0.15, 0.2) is 0 Å². The first-order valence-electron chi connectivity index (χ1n) is 7.13. The molecule has 20 heavy (non-hydrogen) atoms. The number of hydrogen-bond donors (Lipinski definition) is 0. The first-order chi connectivity index (χ1) is 7.96. The van der Waals surface area contributed by atoms with Gasteiger partial charge in [0.1, 0.15) is 0 Å². The summed E-state index contributed by atoms with van der Waals surface area (Å²) in [6.07, 6.45) is 5.59. The topological polar surface area (TPSA) is 0 Å². The second kappa shape index (κ2) is 9.43. The molecule has 0 spiro atoms. The number of rotatable bonds is 3. The van der Waals surface area contributed by atoms with E-state index in [4.69, 9.17) is 0 Å². The van der Waals surface area contributed by atoms with E-state index in [9.17, 15) is 0 Å². The molecule has 0 nitrogen and oxygen atoms in total. The van der Waals surface area contributed by atoms with Crippen LogP contribution in [0, 0.1) is 5.92 Å². The van der Waals surface area contributed by atoms with Gasteiger partial charge < -0.3 is 37.2 Å². The van der Waals surface area contributed by atoms with Gasteiger partial charge in [-0.25, -0.2) is 0 Å². The fourth-order valence-electron chi connectivity index (χ4n) is 3.19. The zero-order chi connectivity index (χ0) is 12.6. The largest absolute Gasteiger partial charge is 1.00 e. The van der Waals surface area contributed by atoms with E-state index in [1.807, 2.05) is 11.1 Å². The van der Waals surface area contributed by atoms with Crippen LogP contribution in [-0.2, 0) is 20.4 Å². The van der Waals surface area contributed by atoms with Gasteiger partial charge in [-0.3, -0.25) is 0 Å². The molecule has 0 aromatic heterocycles. The maximum atomic E-state index is 2.55. The molecule has 0 amide bonds. The van der Waals surface area contributed by atoms with Crippen LogP contribution in [0.2, 0.25) is 25.2 Å². The number of allylic oxidation sites excluding steroid dienone is 4. The third-order valence-corrected chi connectivity index (χ3v) is 9.03. The van der Waals surface area contributed by atoms with E-state index >= 15 is 0 Å². The van der Waals surface area contributed by atoms with Crippen molar-refractivity contribution in [3.63, 3.8) is 0 Å². The zero-order valence-electron chi connectivity index (χ0n) is 13.0. The standard InChI is InChI=1S/C15H25Si.3ClH.Ti/c1-5-16(3,4)11-14-10-13-8-6-7-9-15(13)12(14)2;;;;/h12H,5-9,11H2,1-4H3;3*1H;/q;;;;+3/p-3. The van der Waals surface area contributed by atoms with Gasteiger partial charge >= 0.3 is 120 Å². The molecule has 0 aromatic rings. The van der Waals surface area contributed by atoms with E-state index in [2.05, 4.69) is 47.4 Å². The van der Waals surface area contributed by atoms with Gasteiger partial charge in [-0.05, 0) is 0 Å². The summed E-state index contributed by atoms with van der Waals surface area (Å²) in [5.41, 5.74) is 5.39. The van der Waals surface area contributed by atoms with Crippen molar-refractivity contribution >= 4 is 8.07 Å². The maximum absolute atomic E-state index is 2.55. The molecule has 0 saturated heterocycles. The Morgan fingerprint density at radius 1 is 1.10 bits per heavy atom. The minimum absolute atomic E-state index is 0. The molecular weight excluding hydrogens is 362 g/mol. The van der Waals surface area contributed by atoms with Crippen LogP contribution in [0.3, 0.4) is 0 Å². The van der Waals surface area contributed by atoms with Gasteiger partial charge in [0.2, 0.25) is 0 Å². The van der Waals surface area contributed by atoms with Crippen LogP contribution < -0.4 is 37.2 Å². The molecule has 1 unspecified atom stereocenters. The normalized spacial score (nSPS) is 21.8. The molecule has 2 aliphatic rings. The summed E-state index contributed by atoms with van der Waals surface area (Å²) in [4.78, 5) is 0. The summed E-state index contributed by atoms with van der Waals surface area (Å²) in [5, 5.41) is 0.